The Morgan fingerprint density at radius 1 is 1.10 bits per heavy atom. The first kappa shape index (κ1) is 13.2. The SMILES string of the molecule is CCCc1nc(Br)cc(-c2cnc3ccccc3c2)n1. The molecule has 20 heavy (non-hydrogen) atoms. The Kier molecular flexibility index (Phi) is 3.74. The van der Waals surface area contributed by atoms with Crippen LogP contribution in [0.2, 0.25) is 0 Å². The Bertz CT molecular complexity index is 756. The fraction of sp³-hybridized carbons (Fsp3) is 0.188. The molecule has 0 aliphatic rings. The van der Waals surface area contributed by atoms with E-state index in [1.165, 1.54) is 0 Å². The number of aromatic nitrogens is 3. The largest absolute Gasteiger partial charge is 0.256 e. The van der Waals surface area contributed by atoms with Crippen molar-refractivity contribution in [2.24, 2.45) is 0 Å². The average Bonchev–Trinajstić information content (AvgIpc) is 2.46. The molecule has 0 fully saturated rings. The minimum Gasteiger partial charge on any atom is -0.256 e. The summed E-state index contributed by atoms with van der Waals surface area (Å²) in [5.41, 5.74) is 2.93. The summed E-state index contributed by atoms with van der Waals surface area (Å²) in [5.74, 6) is 0.866. The molecule has 0 saturated carbocycles. The second kappa shape index (κ2) is 5.67. The maximum Gasteiger partial charge on any atom is 0.130 e. The van der Waals surface area contributed by atoms with Gasteiger partial charge in [-0.05, 0) is 40.5 Å². The van der Waals surface area contributed by atoms with Crippen LogP contribution in [0.3, 0.4) is 0 Å². The Balaban J connectivity index is 2.10. The van der Waals surface area contributed by atoms with Gasteiger partial charge in [-0.1, -0.05) is 25.1 Å². The standard InChI is InChI=1S/C16H14BrN3/c1-2-5-16-19-14(9-15(17)20-16)12-8-11-6-3-4-7-13(11)18-10-12/h3-4,6-10H,2,5H2,1H3. The van der Waals surface area contributed by atoms with Gasteiger partial charge in [0.25, 0.3) is 0 Å². The lowest BCUT2D eigenvalue weighted by Crippen LogP contribution is -1.97. The lowest BCUT2D eigenvalue weighted by Gasteiger charge is -2.06. The zero-order valence-corrected chi connectivity index (χ0v) is 12.8. The van der Waals surface area contributed by atoms with Gasteiger partial charge in [-0.3, -0.25) is 4.98 Å². The summed E-state index contributed by atoms with van der Waals surface area (Å²) < 4.78 is 0.819. The number of halogens is 1. The number of hydrogen-bond donors (Lipinski definition) is 0. The number of aryl methyl sites for hydroxylation is 1. The first-order valence-electron chi connectivity index (χ1n) is 6.65. The smallest absolute Gasteiger partial charge is 0.130 e. The van der Waals surface area contributed by atoms with Crippen LogP contribution in [0.15, 0.2) is 47.2 Å². The van der Waals surface area contributed by atoms with Gasteiger partial charge in [-0.25, -0.2) is 9.97 Å². The van der Waals surface area contributed by atoms with Crippen molar-refractivity contribution >= 4 is 26.8 Å². The molecule has 0 atom stereocenters. The molecule has 3 nitrogen and oxygen atoms in total. The highest BCUT2D eigenvalue weighted by Crippen LogP contribution is 2.23. The van der Waals surface area contributed by atoms with E-state index in [0.29, 0.717) is 0 Å². The summed E-state index contributed by atoms with van der Waals surface area (Å²) >= 11 is 3.46. The molecule has 0 radical (unpaired) electrons. The summed E-state index contributed by atoms with van der Waals surface area (Å²) in [6.07, 6.45) is 3.78. The molecule has 4 heteroatoms. The molecule has 0 N–H and O–H groups in total. The second-order valence-corrected chi connectivity index (χ2v) is 5.47. The quantitative estimate of drug-likeness (QED) is 0.669. The van der Waals surface area contributed by atoms with Gasteiger partial charge in [-0.15, -0.1) is 0 Å². The van der Waals surface area contributed by atoms with Crippen LogP contribution in [0, 0.1) is 0 Å². The van der Waals surface area contributed by atoms with E-state index >= 15 is 0 Å². The summed E-state index contributed by atoms with van der Waals surface area (Å²) in [7, 11) is 0. The predicted octanol–water partition coefficient (Wildman–Crippen LogP) is 4.41. The van der Waals surface area contributed by atoms with Crippen LogP contribution in [-0.4, -0.2) is 15.0 Å². The van der Waals surface area contributed by atoms with Crippen molar-refractivity contribution in [1.29, 1.82) is 0 Å². The van der Waals surface area contributed by atoms with Gasteiger partial charge in [0.05, 0.1) is 11.2 Å². The van der Waals surface area contributed by atoms with Gasteiger partial charge in [-0.2, -0.15) is 0 Å². The summed E-state index contributed by atoms with van der Waals surface area (Å²) in [6.45, 7) is 2.13. The molecule has 3 aromatic rings. The van der Waals surface area contributed by atoms with Crippen LogP contribution in [0.1, 0.15) is 19.2 Å². The molecule has 1 aromatic carbocycles. The third kappa shape index (κ3) is 2.70. The van der Waals surface area contributed by atoms with Crippen molar-refractivity contribution < 1.29 is 0 Å². The van der Waals surface area contributed by atoms with Crippen molar-refractivity contribution in [2.75, 3.05) is 0 Å². The highest BCUT2D eigenvalue weighted by Gasteiger charge is 2.06. The van der Waals surface area contributed by atoms with E-state index in [1.54, 1.807) is 0 Å². The molecule has 0 amide bonds. The number of pyridine rings is 1. The number of nitrogens with zero attached hydrogens (tertiary/aromatic N) is 3. The van der Waals surface area contributed by atoms with Gasteiger partial charge in [0.2, 0.25) is 0 Å². The van der Waals surface area contributed by atoms with Crippen molar-refractivity contribution in [3.63, 3.8) is 0 Å². The van der Waals surface area contributed by atoms with Crippen LogP contribution in [0.4, 0.5) is 0 Å². The molecule has 0 aliphatic carbocycles. The first-order valence-corrected chi connectivity index (χ1v) is 7.44. The van der Waals surface area contributed by atoms with E-state index in [0.717, 1.165) is 45.4 Å². The summed E-state index contributed by atoms with van der Waals surface area (Å²) in [6, 6.07) is 12.1. The Morgan fingerprint density at radius 3 is 2.80 bits per heavy atom. The Hall–Kier alpha value is -1.81. The van der Waals surface area contributed by atoms with E-state index in [1.807, 2.05) is 30.5 Å². The summed E-state index contributed by atoms with van der Waals surface area (Å²) in [4.78, 5) is 13.5. The molecule has 3 rings (SSSR count). The third-order valence-corrected chi connectivity index (χ3v) is 3.51. The van der Waals surface area contributed by atoms with Crippen LogP contribution in [0.5, 0.6) is 0 Å². The van der Waals surface area contributed by atoms with Gasteiger partial charge in [0, 0.05) is 23.6 Å². The molecule has 2 aromatic heterocycles. The van der Waals surface area contributed by atoms with Crippen LogP contribution in [-0.2, 0) is 6.42 Å². The molecule has 0 aliphatic heterocycles. The maximum atomic E-state index is 4.62. The highest BCUT2D eigenvalue weighted by atomic mass is 79.9. The number of para-hydroxylation sites is 1. The molecule has 0 unspecified atom stereocenters. The van der Waals surface area contributed by atoms with E-state index < -0.39 is 0 Å². The zero-order chi connectivity index (χ0) is 13.9. The minimum absolute atomic E-state index is 0.819. The monoisotopic (exact) mass is 327 g/mol. The number of fused-ring (bicyclic) bond motifs is 1. The lowest BCUT2D eigenvalue weighted by atomic mass is 10.1. The summed E-state index contributed by atoms with van der Waals surface area (Å²) in [5, 5.41) is 1.12. The number of benzene rings is 1. The van der Waals surface area contributed by atoms with Crippen molar-refractivity contribution in [3.05, 3.63) is 53.0 Å². The van der Waals surface area contributed by atoms with Gasteiger partial charge < -0.3 is 0 Å². The third-order valence-electron chi connectivity index (χ3n) is 3.10. The number of hydrogen-bond acceptors (Lipinski definition) is 3. The normalized spacial score (nSPS) is 10.9. The second-order valence-electron chi connectivity index (χ2n) is 4.66. The molecule has 0 saturated heterocycles. The van der Waals surface area contributed by atoms with Crippen LogP contribution in [0.25, 0.3) is 22.2 Å². The van der Waals surface area contributed by atoms with Gasteiger partial charge in [0.1, 0.15) is 10.4 Å². The lowest BCUT2D eigenvalue weighted by molar-refractivity contribution is 0.831. The van der Waals surface area contributed by atoms with Crippen molar-refractivity contribution in [2.45, 2.75) is 19.8 Å². The molecule has 0 spiro atoms. The van der Waals surface area contributed by atoms with Crippen LogP contribution < -0.4 is 0 Å². The first-order chi connectivity index (χ1) is 9.76. The van der Waals surface area contributed by atoms with Gasteiger partial charge in [0.15, 0.2) is 0 Å². The van der Waals surface area contributed by atoms with Crippen LogP contribution >= 0.6 is 15.9 Å². The van der Waals surface area contributed by atoms with Crippen molar-refractivity contribution in [3.8, 4) is 11.3 Å². The van der Waals surface area contributed by atoms with Gasteiger partial charge >= 0.3 is 0 Å². The Labute approximate surface area is 126 Å². The van der Waals surface area contributed by atoms with E-state index in [4.69, 9.17) is 0 Å². The highest BCUT2D eigenvalue weighted by molar-refractivity contribution is 9.10. The number of rotatable bonds is 3. The fourth-order valence-corrected chi connectivity index (χ4v) is 2.58. The Morgan fingerprint density at radius 2 is 1.95 bits per heavy atom. The molecule has 2 heterocycles. The average molecular weight is 328 g/mol. The minimum atomic E-state index is 0.819. The maximum absolute atomic E-state index is 4.62. The van der Waals surface area contributed by atoms with E-state index in [2.05, 4.69) is 49.9 Å². The van der Waals surface area contributed by atoms with Crippen molar-refractivity contribution in [1.82, 2.24) is 15.0 Å². The zero-order valence-electron chi connectivity index (χ0n) is 11.2. The molecular formula is C16H14BrN3. The fourth-order valence-electron chi connectivity index (χ4n) is 2.16. The predicted molar refractivity (Wildman–Crippen MR) is 84.5 cm³/mol. The molecular weight excluding hydrogens is 314 g/mol. The van der Waals surface area contributed by atoms with E-state index in [-0.39, 0.29) is 0 Å². The molecule has 100 valence electrons. The topological polar surface area (TPSA) is 38.7 Å². The van der Waals surface area contributed by atoms with E-state index in [9.17, 15) is 0 Å². The molecule has 0 bridgehead atoms.